The predicted octanol–water partition coefficient (Wildman–Crippen LogP) is 5.40. The number of thioether (sulfide) groups is 9. The molecule has 0 aromatic carbocycles. The number of rotatable bonds is 25. The summed E-state index contributed by atoms with van der Waals surface area (Å²) in [5.41, 5.74) is 0. The van der Waals surface area contributed by atoms with Gasteiger partial charge in [0.2, 0.25) is 0 Å². The Morgan fingerprint density at radius 3 is 1.93 bits per heavy atom. The Morgan fingerprint density at radius 2 is 1.27 bits per heavy atom. The van der Waals surface area contributed by atoms with Gasteiger partial charge in [0.1, 0.15) is 5.94 Å². The van der Waals surface area contributed by atoms with Crippen molar-refractivity contribution in [3.8, 4) is 0 Å². The summed E-state index contributed by atoms with van der Waals surface area (Å²) < 4.78 is 5.22. The molecule has 0 amide bonds. The third kappa shape index (κ3) is 28.5. The lowest BCUT2D eigenvalue weighted by atomic mass is 10.8. The third-order valence-electron chi connectivity index (χ3n) is 2.50. The molecule has 0 aromatic heterocycles. The number of hydrogen-bond donors (Lipinski definition) is 1. The van der Waals surface area contributed by atoms with Gasteiger partial charge in [-0.15, -0.1) is 82.3 Å². The molecular weight excluding hydrogens is 561 g/mol. The van der Waals surface area contributed by atoms with Gasteiger partial charge in [-0.25, -0.2) is 9.78 Å². The number of hydrogen-bond acceptors (Lipinski definition) is 14. The van der Waals surface area contributed by atoms with E-state index in [0.717, 1.165) is 47.8 Å². The van der Waals surface area contributed by atoms with Gasteiger partial charge >= 0.3 is 5.97 Å². The summed E-state index contributed by atoms with van der Waals surface area (Å²) in [6, 6.07) is 0. The zero-order valence-electron chi connectivity index (χ0n) is 17.2. The van der Waals surface area contributed by atoms with Gasteiger partial charge in [0.05, 0.1) is 25.6 Å². The van der Waals surface area contributed by atoms with Gasteiger partial charge < -0.3 is 9.84 Å². The zero-order chi connectivity index (χ0) is 22.0. The molecule has 5 nitrogen and oxygen atoms in total. The van der Waals surface area contributed by atoms with E-state index in [4.69, 9.17) is 19.6 Å². The van der Waals surface area contributed by atoms with Crippen LogP contribution in [0.3, 0.4) is 0 Å². The summed E-state index contributed by atoms with van der Waals surface area (Å²) >= 11 is 16.1. The monoisotopic (exact) mass is 592 g/mol. The molecular formula is C16H32O5S9. The molecule has 0 aliphatic carbocycles. The van der Waals surface area contributed by atoms with E-state index in [2.05, 4.69) is 6.26 Å². The Labute approximate surface area is 220 Å². The van der Waals surface area contributed by atoms with Crippen molar-refractivity contribution in [1.29, 1.82) is 0 Å². The quantitative estimate of drug-likeness (QED) is 0.0484. The van der Waals surface area contributed by atoms with E-state index < -0.39 is 0 Å². The number of esters is 1. The molecule has 0 spiro atoms. The summed E-state index contributed by atoms with van der Waals surface area (Å²) in [4.78, 5) is 21.8. The second kappa shape index (κ2) is 29.5. The molecule has 0 rings (SSSR count). The number of aliphatic hydroxyl groups is 1. The Kier molecular flexibility index (Phi) is 32.0. The average molecular weight is 593 g/mol. The topological polar surface area (TPSA) is 65.0 Å². The third-order valence-corrected chi connectivity index (χ3v) is 12.9. The summed E-state index contributed by atoms with van der Waals surface area (Å²) in [5, 5.41) is 14.8. The summed E-state index contributed by atoms with van der Waals surface area (Å²) in [6.45, 7) is 1.36. The fraction of sp³-hybridized carbons (Fsp3) is 0.938. The molecule has 0 fully saturated rings. The van der Waals surface area contributed by atoms with Gasteiger partial charge in [-0.05, 0) is 6.26 Å². The Hall–Kier alpha value is 2.50. The Morgan fingerprint density at radius 1 is 0.700 bits per heavy atom. The highest BCUT2D eigenvalue weighted by Crippen LogP contribution is 2.22. The number of ether oxygens (including phenoxy) is 1. The molecule has 0 aliphatic heterocycles. The highest BCUT2D eigenvalue weighted by atomic mass is 32.3. The van der Waals surface area contributed by atoms with Crippen LogP contribution in [0.5, 0.6) is 0 Å². The molecule has 0 saturated carbocycles. The van der Waals surface area contributed by atoms with Crippen molar-refractivity contribution in [2.75, 3.05) is 85.5 Å². The fourth-order valence-electron chi connectivity index (χ4n) is 1.35. The average Bonchev–Trinajstić information content (AvgIpc) is 2.75. The molecule has 30 heavy (non-hydrogen) atoms. The summed E-state index contributed by atoms with van der Waals surface area (Å²) in [7, 11) is 0. The number of aliphatic hydroxyl groups excluding tert-OH is 1. The molecule has 0 bridgehead atoms. The van der Waals surface area contributed by atoms with Crippen LogP contribution in [0.4, 0.5) is 0 Å². The first-order valence-electron chi connectivity index (χ1n) is 8.93. The highest BCUT2D eigenvalue weighted by molar-refractivity contribution is 8.26. The first kappa shape index (κ1) is 32.5. The molecule has 0 saturated heterocycles. The SMILES string of the molecule is CSCSCSCSCOC(=O)CSCSCSCSCCOOCCSCCO. The van der Waals surface area contributed by atoms with E-state index in [0.29, 0.717) is 24.9 Å². The van der Waals surface area contributed by atoms with Crippen LogP contribution >= 0.6 is 106 Å². The van der Waals surface area contributed by atoms with E-state index in [9.17, 15) is 4.79 Å². The maximum Gasteiger partial charge on any atom is 0.316 e. The summed E-state index contributed by atoms with van der Waals surface area (Å²) in [5.74, 6) is 3.26. The van der Waals surface area contributed by atoms with E-state index in [-0.39, 0.29) is 12.6 Å². The van der Waals surface area contributed by atoms with Crippen LogP contribution in [0.15, 0.2) is 0 Å². The van der Waals surface area contributed by atoms with E-state index >= 15 is 0 Å². The van der Waals surface area contributed by atoms with Crippen LogP contribution in [0.25, 0.3) is 0 Å². The number of carbonyl (C=O) groups excluding carboxylic acids is 1. The minimum absolute atomic E-state index is 0.118. The van der Waals surface area contributed by atoms with Gasteiger partial charge in [0, 0.05) is 47.8 Å². The first-order chi connectivity index (χ1) is 14.8. The van der Waals surface area contributed by atoms with Gasteiger partial charge in [-0.3, -0.25) is 4.79 Å². The van der Waals surface area contributed by atoms with Crippen molar-refractivity contribution in [2.45, 2.75) is 0 Å². The van der Waals surface area contributed by atoms with E-state index in [1.165, 1.54) is 0 Å². The van der Waals surface area contributed by atoms with Crippen molar-refractivity contribution in [3.05, 3.63) is 0 Å². The maximum atomic E-state index is 11.6. The van der Waals surface area contributed by atoms with Crippen molar-refractivity contribution < 1.29 is 24.4 Å². The molecule has 180 valence electrons. The second-order valence-electron chi connectivity index (χ2n) is 4.89. The van der Waals surface area contributed by atoms with E-state index in [1.807, 2.05) is 70.6 Å². The fourth-order valence-corrected chi connectivity index (χ4v) is 10.2. The lowest BCUT2D eigenvalue weighted by Crippen LogP contribution is -2.07. The normalized spacial score (nSPS) is 11.1. The largest absolute Gasteiger partial charge is 0.454 e. The Bertz CT molecular complexity index is 359. The Balaban J connectivity index is 3.12. The molecule has 0 heterocycles. The predicted molar refractivity (Wildman–Crippen MR) is 153 cm³/mol. The van der Waals surface area contributed by atoms with Crippen molar-refractivity contribution in [1.82, 2.24) is 0 Å². The van der Waals surface area contributed by atoms with Gasteiger partial charge in [0.15, 0.2) is 0 Å². The van der Waals surface area contributed by atoms with Crippen molar-refractivity contribution >= 4 is 112 Å². The minimum Gasteiger partial charge on any atom is -0.454 e. The molecule has 0 unspecified atom stereocenters. The van der Waals surface area contributed by atoms with E-state index in [1.54, 1.807) is 35.3 Å². The van der Waals surface area contributed by atoms with Crippen molar-refractivity contribution in [2.24, 2.45) is 0 Å². The van der Waals surface area contributed by atoms with Gasteiger partial charge in [0.25, 0.3) is 0 Å². The smallest absolute Gasteiger partial charge is 0.316 e. The lowest BCUT2D eigenvalue weighted by Gasteiger charge is -2.05. The number of carbonyl (C=O) groups is 1. The van der Waals surface area contributed by atoms with Crippen LogP contribution in [-0.4, -0.2) is 96.6 Å². The maximum absolute atomic E-state index is 11.6. The van der Waals surface area contributed by atoms with Gasteiger partial charge in [-0.1, -0.05) is 0 Å². The van der Waals surface area contributed by atoms with Crippen LogP contribution in [-0.2, 0) is 19.3 Å². The first-order valence-corrected chi connectivity index (χ1v) is 19.6. The van der Waals surface area contributed by atoms with Crippen LogP contribution in [0, 0.1) is 0 Å². The highest BCUT2D eigenvalue weighted by Gasteiger charge is 2.03. The van der Waals surface area contributed by atoms with Crippen molar-refractivity contribution in [3.63, 3.8) is 0 Å². The molecule has 0 radical (unpaired) electrons. The van der Waals surface area contributed by atoms with Crippen LogP contribution < -0.4 is 0 Å². The molecule has 0 atom stereocenters. The van der Waals surface area contributed by atoms with Gasteiger partial charge in [-0.2, -0.15) is 23.5 Å². The molecule has 14 heteroatoms. The molecule has 1 N–H and O–H groups in total. The van der Waals surface area contributed by atoms with Crippen LogP contribution in [0.1, 0.15) is 0 Å². The lowest BCUT2D eigenvalue weighted by molar-refractivity contribution is -0.285. The second-order valence-corrected chi connectivity index (χ2v) is 16.1. The standard InChI is InChI=1S/C16H32O5S9/c1-22-10-27-14-30-13-26-9-19-16(18)8-25-12-29-15-28-11-24-7-4-21-20-3-6-23-5-2-17/h17H,2-15H2,1H3. The summed E-state index contributed by atoms with van der Waals surface area (Å²) in [6.07, 6.45) is 2.11. The zero-order valence-corrected chi connectivity index (χ0v) is 24.5. The minimum atomic E-state index is -0.118. The van der Waals surface area contributed by atoms with Crippen LogP contribution in [0.2, 0.25) is 0 Å². The molecule has 0 aromatic rings. The molecule has 0 aliphatic rings.